The molecular weight excluding hydrogens is 1510 g/mol. The van der Waals surface area contributed by atoms with Gasteiger partial charge >= 0.3 is 0 Å². The predicted molar refractivity (Wildman–Crippen MR) is 534 cm³/mol. The molecule has 0 heterocycles. The van der Waals surface area contributed by atoms with Crippen molar-refractivity contribution in [2.45, 2.75) is 533 Å². The third-order valence-corrected chi connectivity index (χ3v) is 22.6. The first-order chi connectivity index (χ1) is 58.7. The number of carbonyl (C=O) groups is 9. The Labute approximate surface area is 755 Å². The van der Waals surface area contributed by atoms with E-state index in [1.807, 2.05) is 88.4 Å². The van der Waals surface area contributed by atoms with Gasteiger partial charge in [-0.25, -0.2) is 0 Å². The van der Waals surface area contributed by atoms with Crippen molar-refractivity contribution in [1.29, 1.82) is 0 Å². The number of amides is 1. The fourth-order valence-electron chi connectivity index (χ4n) is 13.5. The first-order valence-corrected chi connectivity index (χ1v) is 52.3. The third-order valence-electron chi connectivity index (χ3n) is 21.4. The van der Waals surface area contributed by atoms with Crippen LogP contribution in [-0.2, 0) is 48.9 Å². The summed E-state index contributed by atoms with van der Waals surface area (Å²) in [5.41, 5.74) is 2.42. The highest BCUT2D eigenvalue weighted by Crippen LogP contribution is 2.19. The lowest BCUT2D eigenvalue weighted by Gasteiger charge is -2.17. The van der Waals surface area contributed by atoms with Crippen molar-refractivity contribution >= 4 is 70.0 Å². The quantitative estimate of drug-likeness (QED) is 0.0270. The molecular formula is C110H199NO9S. The molecule has 2 aromatic rings. The van der Waals surface area contributed by atoms with Crippen molar-refractivity contribution < 1.29 is 43.2 Å². The summed E-state index contributed by atoms with van der Waals surface area (Å²) < 4.78 is 0. The van der Waals surface area contributed by atoms with E-state index in [9.17, 15) is 43.2 Å². The Kier molecular flexibility index (Phi) is 117. The van der Waals surface area contributed by atoms with Crippen molar-refractivity contribution in [3.05, 3.63) is 90.0 Å². The number of rotatable bonds is 76. The number of ketones is 8. The van der Waals surface area contributed by atoms with Gasteiger partial charge in [-0.3, -0.25) is 43.2 Å². The standard InChI is InChI=1S/C18H36O.2C17H34O.C15H30O.C13H26O.C12H12O.C10H12OS.C8H15NO2/c1-3-5-6-7-8-9-10-11-12-13-14-15-16-17-18(19)4-2;1-3-5-6-7-8-9-10-11-12-13-14-16-17(18)15-4-2;1-3-5-7-9-10-11-12-14-16-17(18)15-13-8-6-4-2;1-3-5-7-8-9-10-11-12-14-15(16)13-6-4-2;1-3-5-6-7-8-9-10-11-12-13(14)4-2;1-11(13)7-5-6-10-12-8-3-2-4-9-12;1-9(11)7-12-8-10-5-3-2-4-6-10;1-4-9(5-2)8(11)6-7(3)10/h3-17H2,1-2H3;2*3-16H2,1-2H3;3-14H2,1-2H3;3-12H2,1-2H3;2-10H,1H3;2-6H,7-8H2,1H3;4-6H2,1-3H3. The second kappa shape index (κ2) is 111. The fourth-order valence-corrected chi connectivity index (χ4v) is 14.4. The monoisotopic (exact) mass is 1710 g/mol. The van der Waals surface area contributed by atoms with Gasteiger partial charge in [-0.2, -0.15) is 0 Å². The summed E-state index contributed by atoms with van der Waals surface area (Å²) in [6.45, 7) is 31.4. The molecule has 2 aromatic carbocycles. The second-order valence-corrected chi connectivity index (χ2v) is 34.9. The van der Waals surface area contributed by atoms with Crippen LogP contribution in [0, 0.1) is 0 Å². The lowest BCUT2D eigenvalue weighted by Crippen LogP contribution is -2.31. The number of hydrogen-bond donors (Lipinski definition) is 0. The SMILES string of the molecule is CC(=O)C=CC=Cc1ccccc1.CC(=O)CSCc1ccccc1.CCCCCCCCCCC(=O)CC.CCCCCCCCCCC(=O)CCCC.CCCCCCCCCCC(=O)CCCCCC.CCCCCCCCCCCCCC(=O)CCC.CCCCCCCCCCCCCCCC(=O)CC.CCN(CC)C(=O)CC(C)=O. The summed E-state index contributed by atoms with van der Waals surface area (Å²) in [7, 11) is 0. The van der Waals surface area contributed by atoms with E-state index >= 15 is 0 Å². The number of thioether (sulfide) groups is 1. The molecule has 1 amide bonds. The Morgan fingerprint density at radius 1 is 0.273 bits per heavy atom. The largest absolute Gasteiger partial charge is 0.343 e. The van der Waals surface area contributed by atoms with Gasteiger partial charge in [-0.15, -0.1) is 11.8 Å². The highest BCUT2D eigenvalue weighted by atomic mass is 32.2. The molecule has 121 heavy (non-hydrogen) atoms. The van der Waals surface area contributed by atoms with Gasteiger partial charge in [0, 0.05) is 83.1 Å². The molecule has 0 unspecified atom stereocenters. The van der Waals surface area contributed by atoms with Crippen LogP contribution < -0.4 is 0 Å². The summed E-state index contributed by atoms with van der Waals surface area (Å²) in [5, 5.41) is 0. The van der Waals surface area contributed by atoms with Gasteiger partial charge in [0.25, 0.3) is 0 Å². The molecule has 0 saturated carbocycles. The van der Waals surface area contributed by atoms with E-state index < -0.39 is 0 Å². The smallest absolute Gasteiger partial charge is 0.229 e. The molecule has 0 aliphatic carbocycles. The molecule has 0 fully saturated rings. The van der Waals surface area contributed by atoms with Crippen molar-refractivity contribution in [2.24, 2.45) is 0 Å². The Morgan fingerprint density at radius 3 is 0.785 bits per heavy atom. The van der Waals surface area contributed by atoms with Crippen LogP contribution >= 0.6 is 11.8 Å². The fraction of sp³-hybridized carbons (Fsp3) is 0.773. The van der Waals surface area contributed by atoms with E-state index in [1.165, 1.54) is 315 Å². The average Bonchev–Trinajstić information content (AvgIpc) is 0.959. The number of hydrogen-bond acceptors (Lipinski definition) is 10. The average molecular weight is 1710 g/mol. The summed E-state index contributed by atoms with van der Waals surface area (Å²) in [6.07, 6.45) is 87.7. The maximum Gasteiger partial charge on any atom is 0.229 e. The van der Waals surface area contributed by atoms with Gasteiger partial charge in [-0.1, -0.05) is 450 Å². The van der Waals surface area contributed by atoms with Crippen molar-refractivity contribution in [1.82, 2.24) is 4.90 Å². The molecule has 11 heteroatoms. The summed E-state index contributed by atoms with van der Waals surface area (Å²) in [5.74, 6) is 4.03. The number of Topliss-reactive ketones (excluding diaryl/α,β-unsaturated/α-hetero) is 7. The number of carbonyl (C=O) groups excluding carboxylic acids is 9. The van der Waals surface area contributed by atoms with Crippen LogP contribution in [0.4, 0.5) is 0 Å². The number of allylic oxidation sites excluding steroid dienone is 3. The summed E-state index contributed by atoms with van der Waals surface area (Å²) >= 11 is 1.66. The van der Waals surface area contributed by atoms with Crippen LogP contribution in [-0.4, -0.2) is 75.9 Å². The van der Waals surface area contributed by atoms with E-state index in [0.29, 0.717) is 47.8 Å². The molecule has 0 aromatic heterocycles. The maximum atomic E-state index is 11.6. The minimum atomic E-state index is -0.0677. The zero-order valence-corrected chi connectivity index (χ0v) is 83.4. The first kappa shape index (κ1) is 127. The Bertz CT molecular complexity index is 2570. The van der Waals surface area contributed by atoms with E-state index in [2.05, 4.69) is 67.5 Å². The Hall–Kier alpha value is -4.90. The van der Waals surface area contributed by atoms with Crippen LogP contribution in [0.25, 0.3) is 6.08 Å². The van der Waals surface area contributed by atoms with Crippen LogP contribution in [0.1, 0.15) is 539 Å². The number of nitrogens with zero attached hydrogens (tertiary/aromatic N) is 1. The van der Waals surface area contributed by atoms with Crippen LogP contribution in [0.2, 0.25) is 0 Å². The van der Waals surface area contributed by atoms with Crippen LogP contribution in [0.15, 0.2) is 78.9 Å². The third kappa shape index (κ3) is 119. The molecule has 2 rings (SSSR count). The molecule has 0 aliphatic rings. The second-order valence-electron chi connectivity index (χ2n) is 33.9. The first-order valence-electron chi connectivity index (χ1n) is 51.1. The number of unbranched alkanes of at least 4 members (excludes halogenated alkanes) is 47. The summed E-state index contributed by atoms with van der Waals surface area (Å²) in [6, 6.07) is 20.1. The molecule has 0 radical (unpaired) electrons. The molecule has 0 spiro atoms. The van der Waals surface area contributed by atoms with Gasteiger partial charge in [0.1, 0.15) is 40.5 Å². The van der Waals surface area contributed by atoms with Gasteiger partial charge in [0.05, 0.1) is 12.2 Å². The Morgan fingerprint density at radius 2 is 0.529 bits per heavy atom. The van der Waals surface area contributed by atoms with Crippen LogP contribution in [0.5, 0.6) is 0 Å². The van der Waals surface area contributed by atoms with E-state index in [0.717, 1.165) is 133 Å². The van der Waals surface area contributed by atoms with Gasteiger partial charge in [0.2, 0.25) is 5.91 Å². The van der Waals surface area contributed by atoms with Gasteiger partial charge in [0.15, 0.2) is 5.78 Å². The van der Waals surface area contributed by atoms with Gasteiger partial charge in [-0.05, 0) is 103 Å². The van der Waals surface area contributed by atoms with Crippen molar-refractivity contribution in [3.63, 3.8) is 0 Å². The van der Waals surface area contributed by atoms with Crippen molar-refractivity contribution in [2.75, 3.05) is 18.8 Å². The highest BCUT2D eigenvalue weighted by Gasteiger charge is 2.11. The maximum absolute atomic E-state index is 11.6. The minimum absolute atomic E-state index is 0.0433. The molecule has 0 N–H and O–H groups in total. The molecule has 704 valence electrons. The lowest BCUT2D eigenvalue weighted by atomic mass is 10.0. The van der Waals surface area contributed by atoms with Gasteiger partial charge < -0.3 is 4.90 Å². The summed E-state index contributed by atoms with van der Waals surface area (Å²) in [4.78, 5) is 101. The van der Waals surface area contributed by atoms with Crippen molar-refractivity contribution in [3.8, 4) is 0 Å². The molecule has 10 nitrogen and oxygen atoms in total. The molecule has 0 atom stereocenters. The zero-order chi connectivity index (χ0) is 91.0. The predicted octanol–water partition coefficient (Wildman–Crippen LogP) is 34.5. The Balaban J connectivity index is -0.000000314. The normalized spacial score (nSPS) is 10.5. The molecule has 0 saturated heterocycles. The highest BCUT2D eigenvalue weighted by molar-refractivity contribution is 7.99. The lowest BCUT2D eigenvalue weighted by molar-refractivity contribution is -0.134. The molecule has 0 bridgehead atoms. The minimum Gasteiger partial charge on any atom is -0.343 e. The zero-order valence-electron chi connectivity index (χ0n) is 82.6. The van der Waals surface area contributed by atoms with E-state index in [1.54, 1.807) is 35.7 Å². The molecule has 0 aliphatic heterocycles. The van der Waals surface area contributed by atoms with E-state index in [4.69, 9.17) is 0 Å². The van der Waals surface area contributed by atoms with Crippen LogP contribution in [0.3, 0.4) is 0 Å². The van der Waals surface area contributed by atoms with E-state index in [-0.39, 0.29) is 29.7 Å². The topological polar surface area (TPSA) is 157 Å². The number of benzene rings is 2.